The highest BCUT2D eigenvalue weighted by Gasteiger charge is 2.50. The van der Waals surface area contributed by atoms with E-state index in [2.05, 4.69) is 4.99 Å². The number of hydrogen-bond donors (Lipinski definition) is 2. The van der Waals surface area contributed by atoms with E-state index in [1.165, 1.54) is 4.90 Å². The minimum atomic E-state index is -1.20. The Bertz CT molecular complexity index is 768. The summed E-state index contributed by atoms with van der Waals surface area (Å²) in [6.45, 7) is 1.94. The van der Waals surface area contributed by atoms with Gasteiger partial charge in [-0.2, -0.15) is 0 Å². The first-order valence-electron chi connectivity index (χ1n) is 6.96. The summed E-state index contributed by atoms with van der Waals surface area (Å²) in [6.07, 6.45) is 0. The van der Waals surface area contributed by atoms with Crippen molar-refractivity contribution in [2.75, 3.05) is 7.05 Å². The van der Waals surface area contributed by atoms with Crippen LogP contribution in [0, 0.1) is 6.92 Å². The fourth-order valence-electron chi connectivity index (χ4n) is 2.84. The number of carbonyl (C=O) groups is 1. The second kappa shape index (κ2) is 4.87. The Morgan fingerprint density at radius 1 is 1.14 bits per heavy atom. The van der Waals surface area contributed by atoms with Gasteiger partial charge < -0.3 is 10.8 Å². The van der Waals surface area contributed by atoms with Crippen molar-refractivity contribution in [3.63, 3.8) is 0 Å². The van der Waals surface area contributed by atoms with E-state index in [1.807, 2.05) is 31.2 Å². The summed E-state index contributed by atoms with van der Waals surface area (Å²) in [5.41, 5.74) is 7.13. The minimum Gasteiger partial charge on any atom is -0.508 e. The van der Waals surface area contributed by atoms with Gasteiger partial charge in [-0.15, -0.1) is 0 Å². The summed E-state index contributed by atoms with van der Waals surface area (Å²) in [7, 11) is 1.61. The largest absolute Gasteiger partial charge is 0.508 e. The molecule has 1 unspecified atom stereocenters. The molecule has 0 aliphatic carbocycles. The van der Waals surface area contributed by atoms with Gasteiger partial charge in [0, 0.05) is 7.05 Å². The molecule has 0 radical (unpaired) electrons. The van der Waals surface area contributed by atoms with Gasteiger partial charge in [-0.05, 0) is 35.7 Å². The van der Waals surface area contributed by atoms with Gasteiger partial charge in [-0.1, -0.05) is 36.4 Å². The zero-order chi connectivity index (χ0) is 15.9. The highest BCUT2D eigenvalue weighted by molar-refractivity contribution is 6.09. The molecule has 0 saturated heterocycles. The first-order valence-corrected chi connectivity index (χ1v) is 6.96. The maximum absolute atomic E-state index is 12.9. The fraction of sp³-hybridized carbons (Fsp3) is 0.176. The van der Waals surface area contributed by atoms with Crippen molar-refractivity contribution in [2.45, 2.75) is 12.5 Å². The van der Waals surface area contributed by atoms with Crippen LogP contribution in [0.15, 0.2) is 53.5 Å². The number of phenolic OH excluding ortho intramolecular Hbond substituents is 1. The Balaban J connectivity index is 2.32. The lowest BCUT2D eigenvalue weighted by molar-refractivity contribution is -0.129. The van der Waals surface area contributed by atoms with Crippen molar-refractivity contribution in [3.05, 3.63) is 65.2 Å². The molecule has 2 aromatic carbocycles. The van der Waals surface area contributed by atoms with E-state index in [1.54, 1.807) is 31.3 Å². The molecule has 3 N–H and O–H groups in total. The molecular formula is C17H17N3O2. The lowest BCUT2D eigenvalue weighted by atomic mass is 9.80. The Kier molecular flexibility index (Phi) is 3.13. The van der Waals surface area contributed by atoms with E-state index in [0.717, 1.165) is 11.1 Å². The summed E-state index contributed by atoms with van der Waals surface area (Å²) >= 11 is 0. The minimum absolute atomic E-state index is 0.138. The topological polar surface area (TPSA) is 78.9 Å². The number of amides is 1. The maximum atomic E-state index is 12.9. The molecule has 3 rings (SSSR count). The van der Waals surface area contributed by atoms with Crippen LogP contribution in [0.2, 0.25) is 0 Å². The number of nitrogens with zero attached hydrogens (tertiary/aromatic N) is 2. The van der Waals surface area contributed by atoms with E-state index in [9.17, 15) is 9.90 Å². The van der Waals surface area contributed by atoms with Crippen LogP contribution in [0.25, 0.3) is 0 Å². The summed E-state index contributed by atoms with van der Waals surface area (Å²) < 4.78 is 0. The van der Waals surface area contributed by atoms with E-state index >= 15 is 0 Å². The lowest BCUT2D eigenvalue weighted by Crippen LogP contribution is -2.41. The van der Waals surface area contributed by atoms with Crippen molar-refractivity contribution >= 4 is 11.9 Å². The van der Waals surface area contributed by atoms with E-state index in [4.69, 9.17) is 5.73 Å². The Hall–Kier alpha value is -2.82. The molecule has 5 nitrogen and oxygen atoms in total. The number of nitrogens with two attached hydrogens (primary N) is 1. The zero-order valence-corrected chi connectivity index (χ0v) is 12.4. The first kappa shape index (κ1) is 14.1. The smallest absolute Gasteiger partial charge is 0.266 e. The fourth-order valence-corrected chi connectivity index (χ4v) is 2.84. The van der Waals surface area contributed by atoms with Crippen molar-refractivity contribution in [2.24, 2.45) is 10.7 Å². The summed E-state index contributed by atoms with van der Waals surface area (Å²) in [4.78, 5) is 18.8. The predicted molar refractivity (Wildman–Crippen MR) is 84.5 cm³/mol. The van der Waals surface area contributed by atoms with Crippen molar-refractivity contribution in [3.8, 4) is 5.75 Å². The monoisotopic (exact) mass is 295 g/mol. The molecule has 1 aliphatic heterocycles. The first-order chi connectivity index (χ1) is 10.5. The lowest BCUT2D eigenvalue weighted by Gasteiger charge is -2.27. The number of guanidine groups is 1. The molecule has 112 valence electrons. The summed E-state index contributed by atoms with van der Waals surface area (Å²) in [6, 6.07) is 14.1. The summed E-state index contributed by atoms with van der Waals surface area (Å²) in [5.74, 6) is 0.116. The second-order valence-corrected chi connectivity index (χ2v) is 5.41. The number of benzene rings is 2. The van der Waals surface area contributed by atoms with Crippen LogP contribution in [0.4, 0.5) is 0 Å². The average Bonchev–Trinajstić information content (AvgIpc) is 2.74. The van der Waals surface area contributed by atoms with Gasteiger partial charge in [-0.3, -0.25) is 9.69 Å². The van der Waals surface area contributed by atoms with E-state index in [0.29, 0.717) is 5.56 Å². The molecule has 1 amide bonds. The van der Waals surface area contributed by atoms with Crippen LogP contribution >= 0.6 is 0 Å². The van der Waals surface area contributed by atoms with Crippen molar-refractivity contribution in [1.82, 2.24) is 4.90 Å². The summed E-state index contributed by atoms with van der Waals surface area (Å²) in [5, 5.41) is 9.52. The normalized spacial score (nSPS) is 21.1. The van der Waals surface area contributed by atoms with Gasteiger partial charge in [0.15, 0.2) is 11.5 Å². The Morgan fingerprint density at radius 3 is 2.32 bits per heavy atom. The van der Waals surface area contributed by atoms with Gasteiger partial charge in [0.05, 0.1) is 0 Å². The molecule has 0 spiro atoms. The van der Waals surface area contributed by atoms with Gasteiger partial charge >= 0.3 is 0 Å². The molecule has 2 aromatic rings. The third-order valence-corrected chi connectivity index (χ3v) is 4.06. The van der Waals surface area contributed by atoms with Crippen LogP contribution in [-0.4, -0.2) is 28.9 Å². The van der Waals surface area contributed by atoms with Crippen LogP contribution in [-0.2, 0) is 10.3 Å². The Morgan fingerprint density at radius 2 is 1.77 bits per heavy atom. The van der Waals surface area contributed by atoms with Crippen LogP contribution in [0.3, 0.4) is 0 Å². The number of hydrogen-bond acceptors (Lipinski definition) is 4. The molecule has 0 bridgehead atoms. The van der Waals surface area contributed by atoms with Gasteiger partial charge in [0.2, 0.25) is 0 Å². The van der Waals surface area contributed by atoms with Gasteiger partial charge in [0.1, 0.15) is 5.75 Å². The standard InChI is InChI=1S/C17H17N3O2/c1-11-5-3-4-6-14(11)17(12-7-9-13(21)10-8-12)15(22)20(2)16(18)19-17/h3-10,21H,1-2H3,(H2,18,19). The van der Waals surface area contributed by atoms with Crippen LogP contribution < -0.4 is 5.73 Å². The highest BCUT2D eigenvalue weighted by Crippen LogP contribution is 2.40. The van der Waals surface area contributed by atoms with Crippen LogP contribution in [0.1, 0.15) is 16.7 Å². The Labute approximate surface area is 128 Å². The number of likely N-dealkylation sites (N-methyl/N-ethyl adjacent to an activating group) is 1. The number of aliphatic imine (C=N–C) groups is 1. The molecular weight excluding hydrogens is 278 g/mol. The molecule has 0 aromatic heterocycles. The molecule has 0 fully saturated rings. The molecule has 22 heavy (non-hydrogen) atoms. The van der Waals surface area contributed by atoms with Crippen molar-refractivity contribution in [1.29, 1.82) is 0 Å². The molecule has 1 heterocycles. The van der Waals surface area contributed by atoms with Gasteiger partial charge in [0.25, 0.3) is 5.91 Å². The number of phenols is 1. The zero-order valence-electron chi connectivity index (χ0n) is 12.4. The van der Waals surface area contributed by atoms with E-state index in [-0.39, 0.29) is 17.6 Å². The second-order valence-electron chi connectivity index (χ2n) is 5.41. The number of rotatable bonds is 2. The van der Waals surface area contributed by atoms with E-state index < -0.39 is 5.54 Å². The number of aryl methyl sites for hydroxylation is 1. The third-order valence-electron chi connectivity index (χ3n) is 4.06. The molecule has 1 atom stereocenters. The molecule has 5 heteroatoms. The van der Waals surface area contributed by atoms with Crippen LogP contribution in [0.5, 0.6) is 5.75 Å². The number of carbonyl (C=O) groups excluding carboxylic acids is 1. The number of aromatic hydroxyl groups is 1. The molecule has 0 saturated carbocycles. The SMILES string of the molecule is Cc1ccccc1C1(c2ccc(O)cc2)N=C(N)N(C)C1=O. The third kappa shape index (κ3) is 1.86. The molecule has 1 aliphatic rings. The predicted octanol–water partition coefficient (Wildman–Crippen LogP) is 1.73. The maximum Gasteiger partial charge on any atom is 0.266 e. The van der Waals surface area contributed by atoms with Gasteiger partial charge in [-0.25, -0.2) is 4.99 Å². The quantitative estimate of drug-likeness (QED) is 0.885. The van der Waals surface area contributed by atoms with Crippen molar-refractivity contribution < 1.29 is 9.90 Å². The highest BCUT2D eigenvalue weighted by atomic mass is 16.3. The average molecular weight is 295 g/mol.